The van der Waals surface area contributed by atoms with Crippen molar-refractivity contribution in [2.75, 3.05) is 6.54 Å². The fourth-order valence-corrected chi connectivity index (χ4v) is 2.38. The number of oxazole rings is 1. The van der Waals surface area contributed by atoms with Gasteiger partial charge in [0.25, 0.3) is 5.91 Å². The van der Waals surface area contributed by atoms with Gasteiger partial charge in [0, 0.05) is 24.1 Å². The molecule has 1 heterocycles. The molecule has 0 bridgehead atoms. The van der Waals surface area contributed by atoms with Gasteiger partial charge in [0.1, 0.15) is 5.52 Å². The van der Waals surface area contributed by atoms with Crippen molar-refractivity contribution in [1.82, 2.24) is 10.3 Å². The summed E-state index contributed by atoms with van der Waals surface area (Å²) in [6.07, 6.45) is 0.758. The highest BCUT2D eigenvalue weighted by molar-refractivity contribution is 6.30. The second-order valence-electron chi connectivity index (χ2n) is 5.05. The molecule has 0 radical (unpaired) electrons. The molecule has 0 saturated heterocycles. The number of amides is 1. The maximum Gasteiger partial charge on any atom is 0.251 e. The zero-order valence-corrected chi connectivity index (χ0v) is 12.9. The molecule has 2 aromatic carbocycles. The Kier molecular flexibility index (Phi) is 4.11. The van der Waals surface area contributed by atoms with Gasteiger partial charge in [0.15, 0.2) is 11.5 Å². The zero-order chi connectivity index (χ0) is 15.5. The Labute approximate surface area is 133 Å². The van der Waals surface area contributed by atoms with E-state index in [4.69, 9.17) is 16.0 Å². The van der Waals surface area contributed by atoms with Gasteiger partial charge in [0.2, 0.25) is 0 Å². The average Bonchev–Trinajstić information content (AvgIpc) is 2.88. The minimum atomic E-state index is -0.114. The van der Waals surface area contributed by atoms with Gasteiger partial charge in [-0.05, 0) is 42.3 Å². The molecule has 3 rings (SSSR count). The number of benzene rings is 2. The van der Waals surface area contributed by atoms with Crippen LogP contribution in [-0.4, -0.2) is 17.4 Å². The molecule has 112 valence electrons. The number of hydrogen-bond acceptors (Lipinski definition) is 3. The average molecular weight is 315 g/mol. The summed E-state index contributed by atoms with van der Waals surface area (Å²) in [4.78, 5) is 16.4. The quantitative estimate of drug-likeness (QED) is 0.797. The summed E-state index contributed by atoms with van der Waals surface area (Å²) in [6.45, 7) is 2.35. The van der Waals surface area contributed by atoms with Crippen molar-refractivity contribution in [3.05, 3.63) is 64.5 Å². The zero-order valence-electron chi connectivity index (χ0n) is 12.1. The summed E-state index contributed by atoms with van der Waals surface area (Å²) in [5, 5.41) is 3.62. The third-order valence-corrected chi connectivity index (χ3v) is 3.62. The van der Waals surface area contributed by atoms with Gasteiger partial charge in [-0.1, -0.05) is 23.7 Å². The van der Waals surface area contributed by atoms with Crippen molar-refractivity contribution in [3.63, 3.8) is 0 Å². The van der Waals surface area contributed by atoms with E-state index >= 15 is 0 Å². The lowest BCUT2D eigenvalue weighted by Crippen LogP contribution is -2.25. The van der Waals surface area contributed by atoms with Crippen molar-refractivity contribution in [2.45, 2.75) is 13.3 Å². The standard InChI is InChI=1S/C17H15ClN2O2/c1-11-20-15-10-13(4-7-16(15)22-11)17(21)19-9-8-12-2-5-14(18)6-3-12/h2-7,10H,8-9H2,1H3,(H,19,21). The lowest BCUT2D eigenvalue weighted by Gasteiger charge is -2.05. The summed E-state index contributed by atoms with van der Waals surface area (Å²) < 4.78 is 5.40. The van der Waals surface area contributed by atoms with Gasteiger partial charge >= 0.3 is 0 Å². The molecule has 1 amide bonds. The first-order valence-corrected chi connectivity index (χ1v) is 7.39. The number of fused-ring (bicyclic) bond motifs is 1. The van der Waals surface area contributed by atoms with Crippen LogP contribution >= 0.6 is 11.6 Å². The van der Waals surface area contributed by atoms with Gasteiger partial charge in [-0.15, -0.1) is 0 Å². The van der Waals surface area contributed by atoms with Crippen LogP contribution < -0.4 is 5.32 Å². The minimum absolute atomic E-state index is 0.114. The number of carbonyl (C=O) groups excluding carboxylic acids is 1. The molecule has 0 fully saturated rings. The number of halogens is 1. The lowest BCUT2D eigenvalue weighted by atomic mass is 10.1. The second-order valence-corrected chi connectivity index (χ2v) is 5.48. The number of carbonyl (C=O) groups is 1. The maximum atomic E-state index is 12.1. The molecule has 0 unspecified atom stereocenters. The van der Waals surface area contributed by atoms with Crippen LogP contribution in [0.25, 0.3) is 11.1 Å². The molecular weight excluding hydrogens is 300 g/mol. The molecule has 0 saturated carbocycles. The fourth-order valence-electron chi connectivity index (χ4n) is 2.26. The second kappa shape index (κ2) is 6.20. The Morgan fingerprint density at radius 3 is 2.77 bits per heavy atom. The summed E-state index contributed by atoms with van der Waals surface area (Å²) >= 11 is 5.84. The largest absolute Gasteiger partial charge is 0.441 e. The molecule has 4 nitrogen and oxygen atoms in total. The lowest BCUT2D eigenvalue weighted by molar-refractivity contribution is 0.0954. The maximum absolute atomic E-state index is 12.1. The highest BCUT2D eigenvalue weighted by atomic mass is 35.5. The predicted octanol–water partition coefficient (Wildman–Crippen LogP) is 3.76. The number of hydrogen-bond donors (Lipinski definition) is 1. The van der Waals surface area contributed by atoms with E-state index in [1.165, 1.54) is 0 Å². The van der Waals surface area contributed by atoms with E-state index in [0.29, 0.717) is 34.1 Å². The molecule has 0 spiro atoms. The first-order chi connectivity index (χ1) is 10.6. The first kappa shape index (κ1) is 14.6. The topological polar surface area (TPSA) is 55.1 Å². The molecule has 0 atom stereocenters. The highest BCUT2D eigenvalue weighted by Crippen LogP contribution is 2.16. The number of nitrogens with one attached hydrogen (secondary N) is 1. The van der Waals surface area contributed by atoms with E-state index < -0.39 is 0 Å². The molecule has 0 aliphatic carbocycles. The van der Waals surface area contributed by atoms with E-state index in [1.54, 1.807) is 25.1 Å². The van der Waals surface area contributed by atoms with E-state index in [1.807, 2.05) is 24.3 Å². The molecule has 22 heavy (non-hydrogen) atoms. The van der Waals surface area contributed by atoms with Crippen LogP contribution in [0.3, 0.4) is 0 Å². The SMILES string of the molecule is Cc1nc2cc(C(=O)NCCc3ccc(Cl)cc3)ccc2o1. The molecule has 1 N–H and O–H groups in total. The number of aryl methyl sites for hydroxylation is 1. The molecule has 5 heteroatoms. The fraction of sp³-hybridized carbons (Fsp3) is 0.176. The molecule has 3 aromatic rings. The summed E-state index contributed by atoms with van der Waals surface area (Å²) in [6, 6.07) is 12.9. The normalized spacial score (nSPS) is 10.8. The van der Waals surface area contributed by atoms with E-state index in [2.05, 4.69) is 10.3 Å². The third-order valence-electron chi connectivity index (χ3n) is 3.37. The van der Waals surface area contributed by atoms with Gasteiger partial charge in [-0.25, -0.2) is 4.98 Å². The molecular formula is C17H15ClN2O2. The van der Waals surface area contributed by atoms with Gasteiger partial charge in [-0.3, -0.25) is 4.79 Å². The van der Waals surface area contributed by atoms with Crippen LogP contribution in [0.15, 0.2) is 46.9 Å². The van der Waals surface area contributed by atoms with E-state index in [-0.39, 0.29) is 5.91 Å². The Bertz CT molecular complexity index is 809. The summed E-state index contributed by atoms with van der Waals surface area (Å²) in [5.41, 5.74) is 3.10. The Morgan fingerprint density at radius 1 is 1.23 bits per heavy atom. The van der Waals surface area contributed by atoms with Crippen molar-refractivity contribution < 1.29 is 9.21 Å². The first-order valence-electron chi connectivity index (χ1n) is 7.02. The Hall–Kier alpha value is -2.33. The molecule has 0 aliphatic heterocycles. The smallest absolute Gasteiger partial charge is 0.251 e. The van der Waals surface area contributed by atoms with Crippen molar-refractivity contribution in [2.24, 2.45) is 0 Å². The number of nitrogens with zero attached hydrogens (tertiary/aromatic N) is 1. The van der Waals surface area contributed by atoms with Crippen LogP contribution in [0.4, 0.5) is 0 Å². The molecule has 1 aromatic heterocycles. The predicted molar refractivity (Wildman–Crippen MR) is 86.2 cm³/mol. The third kappa shape index (κ3) is 3.28. The van der Waals surface area contributed by atoms with Crippen LogP contribution in [0.1, 0.15) is 21.8 Å². The number of rotatable bonds is 4. The molecule has 0 aliphatic rings. The van der Waals surface area contributed by atoms with Crippen LogP contribution in [0.2, 0.25) is 5.02 Å². The van der Waals surface area contributed by atoms with Gasteiger partial charge in [-0.2, -0.15) is 0 Å². The van der Waals surface area contributed by atoms with Gasteiger partial charge in [0.05, 0.1) is 0 Å². The van der Waals surface area contributed by atoms with E-state index in [9.17, 15) is 4.79 Å². The highest BCUT2D eigenvalue weighted by Gasteiger charge is 2.09. The summed E-state index contributed by atoms with van der Waals surface area (Å²) in [5.74, 6) is 0.479. The Balaban J connectivity index is 1.61. The summed E-state index contributed by atoms with van der Waals surface area (Å²) in [7, 11) is 0. The van der Waals surface area contributed by atoms with Gasteiger partial charge < -0.3 is 9.73 Å². The van der Waals surface area contributed by atoms with Crippen LogP contribution in [-0.2, 0) is 6.42 Å². The van der Waals surface area contributed by atoms with Crippen molar-refractivity contribution >= 4 is 28.6 Å². The van der Waals surface area contributed by atoms with E-state index in [0.717, 1.165) is 12.0 Å². The number of aromatic nitrogens is 1. The Morgan fingerprint density at radius 2 is 2.00 bits per heavy atom. The van der Waals surface area contributed by atoms with Crippen LogP contribution in [0, 0.1) is 6.92 Å². The van der Waals surface area contributed by atoms with Crippen LogP contribution in [0.5, 0.6) is 0 Å². The monoisotopic (exact) mass is 314 g/mol. The van der Waals surface area contributed by atoms with Crippen molar-refractivity contribution in [1.29, 1.82) is 0 Å². The minimum Gasteiger partial charge on any atom is -0.441 e. The van der Waals surface area contributed by atoms with Crippen molar-refractivity contribution in [3.8, 4) is 0 Å².